The molecule has 0 saturated heterocycles. The van der Waals surface area contributed by atoms with Gasteiger partial charge < -0.3 is 9.84 Å². The Kier molecular flexibility index (Phi) is 7.13. The van der Waals surface area contributed by atoms with Crippen molar-refractivity contribution >= 4 is 41.3 Å². The predicted molar refractivity (Wildman–Crippen MR) is 83.4 cm³/mol. The summed E-state index contributed by atoms with van der Waals surface area (Å²) in [6.45, 7) is 1.99. The maximum Gasteiger partial charge on any atom is 0.339 e. The van der Waals surface area contributed by atoms with Crippen LogP contribution in [0.4, 0.5) is 0 Å². The Labute approximate surface area is 126 Å². The molecule has 19 heavy (non-hydrogen) atoms. The maximum absolute atomic E-state index is 11.6. The Hall–Kier alpha value is -0.300. The lowest BCUT2D eigenvalue weighted by molar-refractivity contribution is -0.153. The van der Waals surface area contributed by atoms with E-state index in [0.717, 1.165) is 9.79 Å². The van der Waals surface area contributed by atoms with Crippen molar-refractivity contribution in [1.82, 2.24) is 0 Å². The van der Waals surface area contributed by atoms with Crippen molar-refractivity contribution in [1.29, 1.82) is 0 Å². The molecule has 0 radical (unpaired) electrons. The van der Waals surface area contributed by atoms with Crippen molar-refractivity contribution in [3.8, 4) is 0 Å². The van der Waals surface area contributed by atoms with Crippen molar-refractivity contribution in [2.45, 2.75) is 27.7 Å². The summed E-state index contributed by atoms with van der Waals surface area (Å²) >= 11 is 4.89. The molecule has 1 atom stereocenters. The molecule has 0 heterocycles. The van der Waals surface area contributed by atoms with Crippen LogP contribution >= 0.6 is 35.3 Å². The molecule has 0 fully saturated rings. The third kappa shape index (κ3) is 4.08. The van der Waals surface area contributed by atoms with E-state index in [-0.39, 0.29) is 6.61 Å². The molecule has 1 N–H and O–H groups in total. The smallest absolute Gasteiger partial charge is 0.339 e. The molecule has 0 saturated carbocycles. The fourth-order valence-electron chi connectivity index (χ4n) is 1.62. The summed E-state index contributed by atoms with van der Waals surface area (Å²) in [6, 6.07) is 3.72. The summed E-state index contributed by atoms with van der Waals surface area (Å²) in [7, 11) is 0. The Bertz CT molecular complexity index is 424. The SMILES string of the molecule is CCOC(=O)C(O)c1cc(SC)c(SC)c(SC)c1. The first kappa shape index (κ1) is 16.8. The molecule has 0 spiro atoms. The predicted octanol–water partition coefficient (Wildman–Crippen LogP) is 3.45. The van der Waals surface area contributed by atoms with Crippen LogP contribution in [-0.4, -0.2) is 36.5 Å². The second-order valence-electron chi connectivity index (χ2n) is 3.61. The highest BCUT2D eigenvalue weighted by molar-refractivity contribution is 8.03. The van der Waals surface area contributed by atoms with E-state index < -0.39 is 12.1 Å². The summed E-state index contributed by atoms with van der Waals surface area (Å²) < 4.78 is 4.85. The minimum Gasteiger partial charge on any atom is -0.464 e. The summed E-state index contributed by atoms with van der Waals surface area (Å²) in [6.07, 6.45) is 4.78. The maximum atomic E-state index is 11.6. The standard InChI is InChI=1S/C13H18O3S3/c1-5-16-13(15)11(14)8-6-9(17-2)12(19-4)10(7-8)18-3/h6-7,11,14H,5H2,1-4H3. The zero-order valence-electron chi connectivity index (χ0n) is 11.4. The van der Waals surface area contributed by atoms with Crippen molar-refractivity contribution in [2.24, 2.45) is 0 Å². The van der Waals surface area contributed by atoms with Gasteiger partial charge in [-0.3, -0.25) is 0 Å². The number of carbonyl (C=O) groups excluding carboxylic acids is 1. The molecular weight excluding hydrogens is 300 g/mol. The van der Waals surface area contributed by atoms with E-state index in [1.807, 2.05) is 30.9 Å². The second kappa shape index (κ2) is 8.09. The van der Waals surface area contributed by atoms with Crippen LogP contribution in [0.25, 0.3) is 0 Å². The highest BCUT2D eigenvalue weighted by Crippen LogP contribution is 2.38. The Morgan fingerprint density at radius 2 is 1.74 bits per heavy atom. The number of hydrogen-bond acceptors (Lipinski definition) is 6. The first-order valence-corrected chi connectivity index (χ1v) is 9.41. The van der Waals surface area contributed by atoms with E-state index in [1.54, 1.807) is 42.2 Å². The van der Waals surface area contributed by atoms with Crippen LogP contribution in [0.2, 0.25) is 0 Å². The van der Waals surface area contributed by atoms with Crippen LogP contribution in [-0.2, 0) is 9.53 Å². The van der Waals surface area contributed by atoms with Gasteiger partial charge >= 0.3 is 5.97 Å². The van der Waals surface area contributed by atoms with Crippen LogP contribution < -0.4 is 0 Å². The normalized spacial score (nSPS) is 12.3. The largest absolute Gasteiger partial charge is 0.464 e. The monoisotopic (exact) mass is 318 g/mol. The molecule has 1 rings (SSSR count). The molecule has 0 amide bonds. The average molecular weight is 318 g/mol. The minimum absolute atomic E-state index is 0.267. The van der Waals surface area contributed by atoms with Crippen LogP contribution in [0.3, 0.4) is 0 Å². The van der Waals surface area contributed by atoms with Crippen LogP contribution in [0, 0.1) is 0 Å². The molecule has 0 aliphatic rings. The van der Waals surface area contributed by atoms with E-state index in [2.05, 4.69) is 0 Å². The molecule has 106 valence electrons. The van der Waals surface area contributed by atoms with E-state index in [0.29, 0.717) is 5.56 Å². The number of esters is 1. The van der Waals surface area contributed by atoms with Crippen LogP contribution in [0.15, 0.2) is 26.8 Å². The second-order valence-corrected chi connectivity index (χ2v) is 6.13. The van der Waals surface area contributed by atoms with Gasteiger partial charge in [0.15, 0.2) is 6.10 Å². The fraction of sp³-hybridized carbons (Fsp3) is 0.462. The topological polar surface area (TPSA) is 46.5 Å². The van der Waals surface area contributed by atoms with Gasteiger partial charge in [-0.05, 0) is 43.4 Å². The van der Waals surface area contributed by atoms with Crippen molar-refractivity contribution in [3.05, 3.63) is 17.7 Å². The Morgan fingerprint density at radius 1 is 1.21 bits per heavy atom. The third-order valence-electron chi connectivity index (χ3n) is 2.51. The van der Waals surface area contributed by atoms with Crippen molar-refractivity contribution < 1.29 is 14.6 Å². The van der Waals surface area contributed by atoms with Gasteiger partial charge in [-0.1, -0.05) is 0 Å². The molecule has 1 aromatic carbocycles. The summed E-state index contributed by atoms with van der Waals surface area (Å²) in [5.41, 5.74) is 0.588. The zero-order chi connectivity index (χ0) is 14.4. The molecule has 1 unspecified atom stereocenters. The number of aliphatic hydroxyl groups excluding tert-OH is 1. The Balaban J connectivity index is 3.18. The zero-order valence-corrected chi connectivity index (χ0v) is 13.9. The van der Waals surface area contributed by atoms with Crippen LogP contribution in [0.1, 0.15) is 18.6 Å². The molecule has 0 bridgehead atoms. The minimum atomic E-state index is -1.22. The first-order valence-electron chi connectivity index (χ1n) is 5.73. The molecule has 3 nitrogen and oxygen atoms in total. The Morgan fingerprint density at radius 3 is 2.11 bits per heavy atom. The number of benzene rings is 1. The van der Waals surface area contributed by atoms with Gasteiger partial charge in [-0.2, -0.15) is 0 Å². The molecular formula is C13H18O3S3. The quantitative estimate of drug-likeness (QED) is 0.640. The molecule has 0 aliphatic heterocycles. The lowest BCUT2D eigenvalue weighted by Crippen LogP contribution is -2.15. The number of thioether (sulfide) groups is 3. The first-order chi connectivity index (χ1) is 9.08. The fourth-order valence-corrected chi connectivity index (χ4v) is 4.30. The van der Waals surface area contributed by atoms with E-state index in [9.17, 15) is 9.90 Å². The van der Waals surface area contributed by atoms with E-state index >= 15 is 0 Å². The highest BCUT2D eigenvalue weighted by atomic mass is 32.2. The number of ether oxygens (including phenoxy) is 1. The lowest BCUT2D eigenvalue weighted by atomic mass is 10.1. The van der Waals surface area contributed by atoms with Gasteiger partial charge in [-0.25, -0.2) is 4.79 Å². The van der Waals surface area contributed by atoms with Gasteiger partial charge in [-0.15, -0.1) is 35.3 Å². The van der Waals surface area contributed by atoms with Gasteiger partial charge in [0.2, 0.25) is 0 Å². The molecule has 0 aliphatic carbocycles. The number of rotatable bonds is 6. The number of aliphatic hydroxyl groups is 1. The number of hydrogen-bond donors (Lipinski definition) is 1. The van der Waals surface area contributed by atoms with Crippen molar-refractivity contribution in [3.63, 3.8) is 0 Å². The molecule has 0 aromatic heterocycles. The highest BCUT2D eigenvalue weighted by Gasteiger charge is 2.21. The van der Waals surface area contributed by atoms with E-state index in [1.165, 1.54) is 4.90 Å². The van der Waals surface area contributed by atoms with Gasteiger partial charge in [0.25, 0.3) is 0 Å². The molecule has 6 heteroatoms. The van der Waals surface area contributed by atoms with Gasteiger partial charge in [0.05, 0.1) is 6.61 Å². The molecule has 1 aromatic rings. The van der Waals surface area contributed by atoms with Crippen molar-refractivity contribution in [2.75, 3.05) is 25.4 Å². The van der Waals surface area contributed by atoms with Gasteiger partial charge in [0.1, 0.15) is 0 Å². The van der Waals surface area contributed by atoms with E-state index in [4.69, 9.17) is 4.74 Å². The third-order valence-corrected chi connectivity index (χ3v) is 5.14. The lowest BCUT2D eigenvalue weighted by Gasteiger charge is -2.15. The summed E-state index contributed by atoms with van der Waals surface area (Å²) in [5, 5.41) is 10.0. The number of carbonyl (C=O) groups is 1. The van der Waals surface area contributed by atoms with Gasteiger partial charge in [0, 0.05) is 14.7 Å². The summed E-state index contributed by atoms with van der Waals surface area (Å²) in [5.74, 6) is -0.599. The average Bonchev–Trinajstić information content (AvgIpc) is 2.44. The summed E-state index contributed by atoms with van der Waals surface area (Å²) in [4.78, 5) is 14.9. The van der Waals surface area contributed by atoms with Crippen LogP contribution in [0.5, 0.6) is 0 Å².